The number of rotatable bonds is 2. The molecule has 0 aliphatic heterocycles. The van der Waals surface area contributed by atoms with Crippen molar-refractivity contribution >= 4 is 29.1 Å². The normalized spacial score (nSPS) is 17.9. The molecule has 0 saturated heterocycles. The molecule has 3 nitrogen and oxygen atoms in total. The minimum Gasteiger partial charge on any atom is -0.469 e. The summed E-state index contributed by atoms with van der Waals surface area (Å²) in [5, 5.41) is 0.728. The Morgan fingerprint density at radius 3 is 2.86 bits per heavy atom. The van der Waals surface area contributed by atoms with Gasteiger partial charge in [0.2, 0.25) is 0 Å². The molecule has 0 spiro atoms. The molecule has 5 heteroatoms. The molecule has 1 aromatic carbocycles. The Hall–Kier alpha value is -1.39. The Balaban J connectivity index is 1.92. The lowest BCUT2D eigenvalue weighted by atomic mass is 10.0. The first-order valence-corrected chi connectivity index (χ1v) is 8.15. The SMILES string of the molecule is COC(=O)C1CCCc2c(-c3ccc(Cl)cc3)nsc2C1. The Morgan fingerprint density at radius 2 is 2.14 bits per heavy atom. The number of hydrogen-bond acceptors (Lipinski definition) is 4. The van der Waals surface area contributed by atoms with Gasteiger partial charge in [-0.3, -0.25) is 4.79 Å². The fourth-order valence-electron chi connectivity index (χ4n) is 2.81. The summed E-state index contributed by atoms with van der Waals surface area (Å²) in [5.41, 5.74) is 3.42. The fraction of sp³-hybridized carbons (Fsp3) is 0.375. The van der Waals surface area contributed by atoms with Gasteiger partial charge in [-0.05, 0) is 54.9 Å². The molecule has 110 valence electrons. The Bertz CT molecular complexity index is 651. The van der Waals surface area contributed by atoms with Crippen LogP contribution in [0, 0.1) is 5.92 Å². The third kappa shape index (κ3) is 2.97. The van der Waals surface area contributed by atoms with Crippen molar-refractivity contribution in [2.45, 2.75) is 25.7 Å². The molecule has 1 aromatic heterocycles. The zero-order chi connectivity index (χ0) is 14.8. The van der Waals surface area contributed by atoms with E-state index >= 15 is 0 Å². The van der Waals surface area contributed by atoms with E-state index in [-0.39, 0.29) is 11.9 Å². The lowest BCUT2D eigenvalue weighted by molar-refractivity contribution is -0.145. The van der Waals surface area contributed by atoms with Crippen molar-refractivity contribution in [1.29, 1.82) is 0 Å². The average Bonchev–Trinajstić information content (AvgIpc) is 2.77. The number of hydrogen-bond donors (Lipinski definition) is 0. The summed E-state index contributed by atoms with van der Waals surface area (Å²) in [6.45, 7) is 0. The third-order valence-electron chi connectivity index (χ3n) is 3.93. The molecule has 0 amide bonds. The number of benzene rings is 1. The van der Waals surface area contributed by atoms with Crippen molar-refractivity contribution in [3.05, 3.63) is 39.7 Å². The van der Waals surface area contributed by atoms with Crippen LogP contribution in [0.5, 0.6) is 0 Å². The van der Waals surface area contributed by atoms with Crippen molar-refractivity contribution in [1.82, 2.24) is 4.37 Å². The highest BCUT2D eigenvalue weighted by molar-refractivity contribution is 7.06. The summed E-state index contributed by atoms with van der Waals surface area (Å²) >= 11 is 7.45. The van der Waals surface area contributed by atoms with Crippen LogP contribution in [0.4, 0.5) is 0 Å². The molecule has 1 unspecified atom stereocenters. The fourth-order valence-corrected chi connectivity index (χ4v) is 3.94. The van der Waals surface area contributed by atoms with Crippen LogP contribution in [0.1, 0.15) is 23.3 Å². The van der Waals surface area contributed by atoms with E-state index in [0.29, 0.717) is 0 Å². The number of fused-ring (bicyclic) bond motifs is 1. The topological polar surface area (TPSA) is 39.2 Å². The second-order valence-electron chi connectivity index (χ2n) is 5.26. The zero-order valence-corrected chi connectivity index (χ0v) is 13.3. The first-order valence-electron chi connectivity index (χ1n) is 7.00. The largest absolute Gasteiger partial charge is 0.469 e. The first-order chi connectivity index (χ1) is 10.2. The highest BCUT2D eigenvalue weighted by Gasteiger charge is 2.27. The predicted octanol–water partition coefficient (Wildman–Crippen LogP) is 4.13. The lowest BCUT2D eigenvalue weighted by Gasteiger charge is -2.09. The molecular weight excluding hydrogens is 306 g/mol. The number of carbonyl (C=O) groups excluding carboxylic acids is 1. The summed E-state index contributed by atoms with van der Waals surface area (Å²) in [7, 11) is 1.46. The summed E-state index contributed by atoms with van der Waals surface area (Å²) in [5.74, 6) is -0.140. The molecule has 3 rings (SSSR count). The molecule has 1 heterocycles. The molecular formula is C16H16ClNO2S. The van der Waals surface area contributed by atoms with Crippen LogP contribution in [-0.2, 0) is 22.4 Å². The van der Waals surface area contributed by atoms with E-state index in [4.69, 9.17) is 16.3 Å². The quantitative estimate of drug-likeness (QED) is 0.616. The highest BCUT2D eigenvalue weighted by atomic mass is 35.5. The van der Waals surface area contributed by atoms with E-state index in [0.717, 1.165) is 42.0 Å². The number of nitrogens with zero attached hydrogens (tertiary/aromatic N) is 1. The predicted molar refractivity (Wildman–Crippen MR) is 84.7 cm³/mol. The van der Waals surface area contributed by atoms with E-state index in [9.17, 15) is 4.79 Å². The number of aromatic nitrogens is 1. The number of carbonyl (C=O) groups is 1. The maximum Gasteiger partial charge on any atom is 0.309 e. The molecule has 0 bridgehead atoms. The number of esters is 1. The van der Waals surface area contributed by atoms with Crippen LogP contribution in [0.15, 0.2) is 24.3 Å². The Morgan fingerprint density at radius 1 is 1.38 bits per heavy atom. The van der Waals surface area contributed by atoms with Gasteiger partial charge in [-0.1, -0.05) is 23.7 Å². The van der Waals surface area contributed by atoms with Gasteiger partial charge in [0.15, 0.2) is 0 Å². The lowest BCUT2D eigenvalue weighted by Crippen LogP contribution is -2.17. The van der Waals surface area contributed by atoms with Crippen LogP contribution in [0.25, 0.3) is 11.3 Å². The van der Waals surface area contributed by atoms with Gasteiger partial charge in [0.25, 0.3) is 0 Å². The van der Waals surface area contributed by atoms with Gasteiger partial charge in [0.05, 0.1) is 18.7 Å². The van der Waals surface area contributed by atoms with Crippen molar-refractivity contribution in [2.75, 3.05) is 7.11 Å². The van der Waals surface area contributed by atoms with Crippen LogP contribution in [-0.4, -0.2) is 17.5 Å². The van der Waals surface area contributed by atoms with Gasteiger partial charge in [-0.2, -0.15) is 4.37 Å². The summed E-state index contributed by atoms with van der Waals surface area (Å²) in [4.78, 5) is 13.0. The second-order valence-corrected chi connectivity index (χ2v) is 6.55. The zero-order valence-electron chi connectivity index (χ0n) is 11.8. The first kappa shape index (κ1) is 14.5. The van der Waals surface area contributed by atoms with E-state index < -0.39 is 0 Å². The molecule has 0 N–H and O–H groups in total. The van der Waals surface area contributed by atoms with Gasteiger partial charge in [0.1, 0.15) is 0 Å². The van der Waals surface area contributed by atoms with Crippen LogP contribution in [0.3, 0.4) is 0 Å². The molecule has 0 saturated carbocycles. The standard InChI is InChI=1S/C16H16ClNO2S/c1-20-16(19)11-3-2-4-13-14(9-11)21-18-15(13)10-5-7-12(17)8-6-10/h5-8,11H,2-4,9H2,1H3. The maximum absolute atomic E-state index is 11.8. The van der Waals surface area contributed by atoms with Gasteiger partial charge < -0.3 is 4.74 Å². The summed E-state index contributed by atoms with van der Waals surface area (Å²) in [6.07, 6.45) is 3.59. The monoisotopic (exact) mass is 321 g/mol. The van der Waals surface area contributed by atoms with Crippen molar-refractivity contribution < 1.29 is 9.53 Å². The van der Waals surface area contributed by atoms with Gasteiger partial charge >= 0.3 is 5.97 Å². The van der Waals surface area contributed by atoms with Gasteiger partial charge in [0, 0.05) is 15.5 Å². The molecule has 1 aliphatic rings. The van der Waals surface area contributed by atoms with E-state index in [1.807, 2.05) is 24.3 Å². The van der Waals surface area contributed by atoms with E-state index in [2.05, 4.69) is 4.37 Å². The second kappa shape index (κ2) is 6.16. The maximum atomic E-state index is 11.8. The van der Waals surface area contributed by atoms with Gasteiger partial charge in [-0.15, -0.1) is 0 Å². The molecule has 21 heavy (non-hydrogen) atoms. The van der Waals surface area contributed by atoms with Crippen LogP contribution >= 0.6 is 23.1 Å². The van der Waals surface area contributed by atoms with Crippen LogP contribution < -0.4 is 0 Å². The average molecular weight is 322 g/mol. The minimum absolute atomic E-state index is 0.0326. The molecule has 0 radical (unpaired) electrons. The molecule has 1 aliphatic carbocycles. The Kier molecular flexibility index (Phi) is 4.27. The highest BCUT2D eigenvalue weighted by Crippen LogP contribution is 2.35. The summed E-state index contributed by atoms with van der Waals surface area (Å²) < 4.78 is 9.50. The molecule has 2 aromatic rings. The number of methoxy groups -OCH3 is 1. The molecule has 0 fully saturated rings. The van der Waals surface area contributed by atoms with E-state index in [1.54, 1.807) is 0 Å². The van der Waals surface area contributed by atoms with Crippen molar-refractivity contribution in [3.8, 4) is 11.3 Å². The number of halogens is 1. The van der Waals surface area contributed by atoms with E-state index in [1.165, 1.54) is 29.1 Å². The smallest absolute Gasteiger partial charge is 0.309 e. The third-order valence-corrected chi connectivity index (χ3v) is 5.09. The Labute approximate surface area is 133 Å². The number of ether oxygens (including phenoxy) is 1. The van der Waals surface area contributed by atoms with Crippen molar-refractivity contribution in [3.63, 3.8) is 0 Å². The minimum atomic E-state index is -0.107. The van der Waals surface area contributed by atoms with Crippen LogP contribution in [0.2, 0.25) is 5.02 Å². The van der Waals surface area contributed by atoms with Gasteiger partial charge in [-0.25, -0.2) is 0 Å². The van der Waals surface area contributed by atoms with Crippen molar-refractivity contribution in [2.24, 2.45) is 5.92 Å². The molecule has 1 atom stereocenters. The summed E-state index contributed by atoms with van der Waals surface area (Å²) in [6, 6.07) is 7.77.